The summed E-state index contributed by atoms with van der Waals surface area (Å²) in [7, 11) is 0. The summed E-state index contributed by atoms with van der Waals surface area (Å²) >= 11 is 0. The molecule has 0 nitrogen and oxygen atoms in total. The van der Waals surface area contributed by atoms with Gasteiger partial charge in [0.1, 0.15) is 0 Å². The van der Waals surface area contributed by atoms with Crippen LogP contribution < -0.4 is 0 Å². The van der Waals surface area contributed by atoms with Gasteiger partial charge in [-0.15, -0.1) is 0 Å². The first-order chi connectivity index (χ1) is 6.61. The fourth-order valence-corrected chi connectivity index (χ4v) is 2.75. The van der Waals surface area contributed by atoms with Gasteiger partial charge in [-0.1, -0.05) is 59.8 Å². The van der Waals surface area contributed by atoms with Crippen molar-refractivity contribution in [2.75, 3.05) is 0 Å². The van der Waals surface area contributed by atoms with Crippen LogP contribution in [0.4, 0.5) is 0 Å². The van der Waals surface area contributed by atoms with Gasteiger partial charge in [-0.25, -0.2) is 0 Å². The predicted octanol–water partition coefficient (Wildman–Crippen LogP) is 4.89. The fourth-order valence-electron chi connectivity index (χ4n) is 2.75. The molecule has 2 unspecified atom stereocenters. The number of hydrogen-bond donors (Lipinski definition) is 0. The lowest BCUT2D eigenvalue weighted by atomic mass is 9.76. The summed E-state index contributed by atoms with van der Waals surface area (Å²) in [6.45, 7) is 9.62. The summed E-state index contributed by atoms with van der Waals surface area (Å²) in [6.07, 6.45) is 8.93. The molecule has 1 rings (SSSR count). The summed E-state index contributed by atoms with van der Waals surface area (Å²) in [4.78, 5) is 0. The molecule has 1 fully saturated rings. The van der Waals surface area contributed by atoms with Crippen LogP contribution in [0.5, 0.6) is 0 Å². The van der Waals surface area contributed by atoms with Gasteiger partial charge in [0.15, 0.2) is 0 Å². The molecule has 0 aliphatic heterocycles. The van der Waals surface area contributed by atoms with Gasteiger partial charge in [0, 0.05) is 0 Å². The lowest BCUT2D eigenvalue weighted by Gasteiger charge is -2.30. The van der Waals surface area contributed by atoms with Crippen LogP contribution in [-0.2, 0) is 0 Å². The Balaban J connectivity index is 2.28. The van der Waals surface area contributed by atoms with Crippen molar-refractivity contribution >= 4 is 0 Å². The molecule has 0 heterocycles. The third kappa shape index (κ3) is 3.63. The van der Waals surface area contributed by atoms with Crippen LogP contribution in [0.15, 0.2) is 0 Å². The van der Waals surface area contributed by atoms with E-state index in [0.717, 1.165) is 23.7 Å². The van der Waals surface area contributed by atoms with Gasteiger partial charge in [-0.3, -0.25) is 0 Å². The van der Waals surface area contributed by atoms with Crippen molar-refractivity contribution in [3.8, 4) is 0 Å². The van der Waals surface area contributed by atoms with Gasteiger partial charge in [0.25, 0.3) is 0 Å². The molecule has 14 heavy (non-hydrogen) atoms. The molecule has 0 spiro atoms. The molecule has 0 N–H and O–H groups in total. The lowest BCUT2D eigenvalue weighted by Crippen LogP contribution is -2.19. The van der Waals surface area contributed by atoms with Crippen molar-refractivity contribution in [2.24, 2.45) is 23.7 Å². The van der Waals surface area contributed by atoms with Gasteiger partial charge in [0.05, 0.1) is 0 Å². The fraction of sp³-hybridized carbons (Fsp3) is 1.00. The SMILES string of the molecule is CC(C)C(C)CC(C)C1CCCCC1. The molecule has 1 aliphatic rings. The van der Waals surface area contributed by atoms with Crippen LogP contribution in [-0.4, -0.2) is 0 Å². The van der Waals surface area contributed by atoms with Crippen molar-refractivity contribution < 1.29 is 0 Å². The summed E-state index contributed by atoms with van der Waals surface area (Å²) in [5, 5.41) is 0. The Morgan fingerprint density at radius 1 is 0.929 bits per heavy atom. The van der Waals surface area contributed by atoms with E-state index in [1.54, 1.807) is 0 Å². The standard InChI is InChI=1S/C14H28/c1-11(2)12(3)10-13(4)14-8-6-5-7-9-14/h11-14H,5-10H2,1-4H3. The maximum Gasteiger partial charge on any atom is -0.0388 e. The van der Waals surface area contributed by atoms with Crippen molar-refractivity contribution in [1.82, 2.24) is 0 Å². The predicted molar refractivity (Wildman–Crippen MR) is 64.4 cm³/mol. The molecule has 0 aromatic rings. The average Bonchev–Trinajstić information content (AvgIpc) is 2.19. The molecule has 0 aromatic carbocycles. The first kappa shape index (κ1) is 12.1. The van der Waals surface area contributed by atoms with Gasteiger partial charge in [-0.2, -0.15) is 0 Å². The van der Waals surface area contributed by atoms with Crippen molar-refractivity contribution in [3.63, 3.8) is 0 Å². The number of rotatable bonds is 4. The Hall–Kier alpha value is 0. The molecule has 0 bridgehead atoms. The van der Waals surface area contributed by atoms with Crippen molar-refractivity contribution in [3.05, 3.63) is 0 Å². The van der Waals surface area contributed by atoms with Gasteiger partial charge >= 0.3 is 0 Å². The van der Waals surface area contributed by atoms with Crippen LogP contribution in [0.1, 0.15) is 66.2 Å². The molecule has 0 amide bonds. The van der Waals surface area contributed by atoms with Crippen LogP contribution >= 0.6 is 0 Å². The van der Waals surface area contributed by atoms with E-state index in [9.17, 15) is 0 Å². The highest BCUT2D eigenvalue weighted by atomic mass is 14.3. The van der Waals surface area contributed by atoms with E-state index < -0.39 is 0 Å². The molecule has 84 valence electrons. The van der Waals surface area contributed by atoms with Crippen LogP contribution in [0.3, 0.4) is 0 Å². The lowest BCUT2D eigenvalue weighted by molar-refractivity contribution is 0.212. The molecule has 0 heteroatoms. The maximum absolute atomic E-state index is 2.48. The Morgan fingerprint density at radius 2 is 1.50 bits per heavy atom. The Bertz CT molecular complexity index is 142. The highest BCUT2D eigenvalue weighted by Crippen LogP contribution is 2.34. The topological polar surface area (TPSA) is 0 Å². The van der Waals surface area contributed by atoms with Gasteiger partial charge in [0.2, 0.25) is 0 Å². The summed E-state index contributed by atoms with van der Waals surface area (Å²) in [5.74, 6) is 3.78. The molecule has 0 aromatic heterocycles. The van der Waals surface area contributed by atoms with Crippen LogP contribution in [0.25, 0.3) is 0 Å². The molecular formula is C14H28. The van der Waals surface area contributed by atoms with E-state index in [1.165, 1.54) is 38.5 Å². The van der Waals surface area contributed by atoms with E-state index in [1.807, 2.05) is 0 Å². The second kappa shape index (κ2) is 5.78. The minimum Gasteiger partial charge on any atom is -0.0625 e. The molecule has 2 atom stereocenters. The maximum atomic E-state index is 2.48. The highest BCUT2D eigenvalue weighted by Gasteiger charge is 2.22. The molecule has 0 saturated heterocycles. The normalized spacial score (nSPS) is 23.8. The largest absolute Gasteiger partial charge is 0.0625 e. The van der Waals surface area contributed by atoms with Crippen LogP contribution in [0.2, 0.25) is 0 Å². The summed E-state index contributed by atoms with van der Waals surface area (Å²) in [5.41, 5.74) is 0. The third-order valence-electron chi connectivity index (χ3n) is 4.34. The Kier molecular flexibility index (Phi) is 4.98. The highest BCUT2D eigenvalue weighted by molar-refractivity contribution is 4.73. The van der Waals surface area contributed by atoms with Crippen molar-refractivity contribution in [2.45, 2.75) is 66.2 Å². The Morgan fingerprint density at radius 3 is 2.00 bits per heavy atom. The van der Waals surface area contributed by atoms with E-state index in [-0.39, 0.29) is 0 Å². The third-order valence-corrected chi connectivity index (χ3v) is 4.34. The van der Waals surface area contributed by atoms with E-state index >= 15 is 0 Å². The van der Waals surface area contributed by atoms with E-state index in [0.29, 0.717) is 0 Å². The molecule has 0 radical (unpaired) electrons. The quantitative estimate of drug-likeness (QED) is 0.601. The minimum absolute atomic E-state index is 0.862. The zero-order valence-electron chi connectivity index (χ0n) is 10.6. The first-order valence-electron chi connectivity index (χ1n) is 6.61. The first-order valence-corrected chi connectivity index (χ1v) is 6.61. The minimum atomic E-state index is 0.862. The van der Waals surface area contributed by atoms with E-state index in [2.05, 4.69) is 27.7 Å². The monoisotopic (exact) mass is 196 g/mol. The summed E-state index contributed by atoms with van der Waals surface area (Å²) < 4.78 is 0. The van der Waals surface area contributed by atoms with Crippen LogP contribution in [0, 0.1) is 23.7 Å². The second-order valence-electron chi connectivity index (χ2n) is 5.83. The zero-order chi connectivity index (χ0) is 10.6. The average molecular weight is 196 g/mol. The van der Waals surface area contributed by atoms with Gasteiger partial charge < -0.3 is 0 Å². The molecule has 1 saturated carbocycles. The molecule has 1 aliphatic carbocycles. The second-order valence-corrected chi connectivity index (χ2v) is 5.83. The smallest absolute Gasteiger partial charge is 0.0388 e. The van der Waals surface area contributed by atoms with E-state index in [4.69, 9.17) is 0 Å². The molecular weight excluding hydrogens is 168 g/mol. The Labute approximate surface area is 90.5 Å². The van der Waals surface area contributed by atoms with Gasteiger partial charge in [-0.05, 0) is 30.1 Å². The number of hydrogen-bond acceptors (Lipinski definition) is 0. The zero-order valence-corrected chi connectivity index (χ0v) is 10.6. The summed E-state index contributed by atoms with van der Waals surface area (Å²) in [6, 6.07) is 0. The van der Waals surface area contributed by atoms with Crippen molar-refractivity contribution in [1.29, 1.82) is 0 Å².